The summed E-state index contributed by atoms with van der Waals surface area (Å²) in [5.74, 6) is 0.463. The number of amides is 1. The van der Waals surface area contributed by atoms with Crippen molar-refractivity contribution in [2.75, 3.05) is 5.32 Å². The molecule has 0 bridgehead atoms. The highest BCUT2D eigenvalue weighted by Crippen LogP contribution is 2.16. The van der Waals surface area contributed by atoms with E-state index >= 15 is 0 Å². The fourth-order valence-corrected chi connectivity index (χ4v) is 1.57. The number of nitrogens with zero attached hydrogens (tertiary/aromatic N) is 3. The summed E-state index contributed by atoms with van der Waals surface area (Å²) in [6.07, 6.45) is 2.75. The second kappa shape index (κ2) is 4.84. The molecule has 0 atom stereocenters. The van der Waals surface area contributed by atoms with E-state index in [1.54, 1.807) is 20.0 Å². The van der Waals surface area contributed by atoms with Gasteiger partial charge in [-0.25, -0.2) is 0 Å². The zero-order valence-corrected chi connectivity index (χ0v) is 10.4. The lowest BCUT2D eigenvalue weighted by molar-refractivity contribution is 0.102. The van der Waals surface area contributed by atoms with E-state index in [4.69, 9.17) is 15.4 Å². The summed E-state index contributed by atoms with van der Waals surface area (Å²) in [7, 11) is 1.63. The van der Waals surface area contributed by atoms with Gasteiger partial charge < -0.3 is 20.7 Å². The number of carbonyl (C=O) groups is 1. The fourth-order valence-electron chi connectivity index (χ4n) is 1.57. The first-order valence-corrected chi connectivity index (χ1v) is 5.39. The normalized spacial score (nSPS) is 11.6. The minimum Gasteiger partial charge on any atom is -0.469 e. The van der Waals surface area contributed by atoms with Crippen molar-refractivity contribution in [1.82, 2.24) is 9.78 Å². The quantitative estimate of drug-likeness (QED) is 0.325. The van der Waals surface area contributed by atoms with Gasteiger partial charge >= 0.3 is 0 Å². The molecule has 1 amide bonds. The van der Waals surface area contributed by atoms with Crippen LogP contribution in [-0.2, 0) is 7.05 Å². The predicted molar refractivity (Wildman–Crippen MR) is 67.1 cm³/mol. The van der Waals surface area contributed by atoms with Crippen molar-refractivity contribution < 1.29 is 14.4 Å². The predicted octanol–water partition coefficient (Wildman–Crippen LogP) is 0.668. The number of furan rings is 1. The van der Waals surface area contributed by atoms with E-state index in [-0.39, 0.29) is 11.7 Å². The lowest BCUT2D eigenvalue weighted by atomic mass is 10.2. The molecule has 2 heterocycles. The summed E-state index contributed by atoms with van der Waals surface area (Å²) in [4.78, 5) is 12.0. The molecule has 0 saturated carbocycles. The van der Waals surface area contributed by atoms with Crippen molar-refractivity contribution in [2.24, 2.45) is 17.9 Å². The Morgan fingerprint density at radius 2 is 2.37 bits per heavy atom. The Kier molecular flexibility index (Phi) is 3.23. The van der Waals surface area contributed by atoms with E-state index < -0.39 is 0 Å². The molecule has 2 rings (SSSR count). The van der Waals surface area contributed by atoms with Crippen LogP contribution in [0.4, 0.5) is 5.82 Å². The van der Waals surface area contributed by atoms with Crippen LogP contribution in [0.15, 0.2) is 28.1 Å². The van der Waals surface area contributed by atoms with Crippen molar-refractivity contribution in [3.63, 3.8) is 0 Å². The number of carbonyl (C=O) groups excluding carboxylic acids is 1. The molecule has 19 heavy (non-hydrogen) atoms. The average Bonchev–Trinajstić information content (AvgIpc) is 2.96. The highest BCUT2D eigenvalue weighted by atomic mass is 16.4. The number of nitrogens with two attached hydrogens (primary N) is 1. The van der Waals surface area contributed by atoms with Gasteiger partial charge in [-0.15, -0.1) is 0 Å². The van der Waals surface area contributed by atoms with Gasteiger partial charge in [0.1, 0.15) is 17.8 Å². The molecule has 0 saturated heterocycles. The third-order valence-corrected chi connectivity index (χ3v) is 2.55. The molecule has 0 unspecified atom stereocenters. The van der Waals surface area contributed by atoms with Crippen LogP contribution in [0.5, 0.6) is 0 Å². The molecule has 0 aliphatic heterocycles. The summed E-state index contributed by atoms with van der Waals surface area (Å²) < 4.78 is 6.48. The first-order chi connectivity index (χ1) is 9.02. The number of hydrogen-bond acceptors (Lipinski definition) is 5. The maximum absolute atomic E-state index is 12.0. The summed E-state index contributed by atoms with van der Waals surface area (Å²) in [6, 6.07) is 1.61. The standard InChI is InChI=1S/C11H13N5O3/c1-6-3-7(5-19-6)11(17)14-10-8(9(12)15-18)4-13-16(10)2/h3-5,18H,1-2H3,(H2,12,15)(H,14,17). The monoisotopic (exact) mass is 263 g/mol. The molecule has 0 aliphatic carbocycles. The Labute approximate surface area is 108 Å². The summed E-state index contributed by atoms with van der Waals surface area (Å²) >= 11 is 0. The Hall–Kier alpha value is -2.77. The van der Waals surface area contributed by atoms with Gasteiger partial charge in [-0.2, -0.15) is 5.10 Å². The minimum atomic E-state index is -0.368. The molecule has 0 aliphatic rings. The highest BCUT2D eigenvalue weighted by Gasteiger charge is 2.17. The molecule has 0 aromatic carbocycles. The number of aromatic nitrogens is 2. The van der Waals surface area contributed by atoms with Gasteiger partial charge in [0.25, 0.3) is 5.91 Å². The molecule has 100 valence electrons. The van der Waals surface area contributed by atoms with Crippen molar-refractivity contribution in [2.45, 2.75) is 6.92 Å². The molecule has 4 N–H and O–H groups in total. The molecule has 8 heteroatoms. The van der Waals surface area contributed by atoms with E-state index in [1.807, 2.05) is 0 Å². The molecule has 8 nitrogen and oxygen atoms in total. The van der Waals surface area contributed by atoms with E-state index in [1.165, 1.54) is 17.1 Å². The molecule has 2 aromatic rings. The third-order valence-electron chi connectivity index (χ3n) is 2.55. The second-order valence-electron chi connectivity index (χ2n) is 3.92. The lowest BCUT2D eigenvalue weighted by Gasteiger charge is -2.06. The number of oxime groups is 1. The van der Waals surface area contributed by atoms with Crippen molar-refractivity contribution in [3.05, 3.63) is 35.4 Å². The largest absolute Gasteiger partial charge is 0.469 e. The van der Waals surface area contributed by atoms with Crippen molar-refractivity contribution >= 4 is 17.6 Å². The van der Waals surface area contributed by atoms with E-state index in [0.29, 0.717) is 22.7 Å². The Balaban J connectivity index is 2.29. The molecular weight excluding hydrogens is 250 g/mol. The number of aryl methyl sites for hydroxylation is 2. The van der Waals surface area contributed by atoms with Crippen molar-refractivity contribution in [1.29, 1.82) is 0 Å². The van der Waals surface area contributed by atoms with Gasteiger partial charge in [-0.3, -0.25) is 9.48 Å². The van der Waals surface area contributed by atoms with Crippen LogP contribution in [0.3, 0.4) is 0 Å². The zero-order chi connectivity index (χ0) is 14.0. The second-order valence-corrected chi connectivity index (χ2v) is 3.92. The fraction of sp³-hybridized carbons (Fsp3) is 0.182. The van der Waals surface area contributed by atoms with Crippen LogP contribution in [0.2, 0.25) is 0 Å². The number of amidine groups is 1. The number of anilines is 1. The summed E-state index contributed by atoms with van der Waals surface area (Å²) in [5.41, 5.74) is 6.21. The van der Waals surface area contributed by atoms with Gasteiger partial charge in [-0.05, 0) is 13.0 Å². The van der Waals surface area contributed by atoms with Gasteiger partial charge in [0.15, 0.2) is 5.84 Å². The van der Waals surface area contributed by atoms with Crippen LogP contribution in [-0.4, -0.2) is 26.7 Å². The van der Waals surface area contributed by atoms with Gasteiger partial charge in [0.05, 0.1) is 17.3 Å². The first kappa shape index (κ1) is 12.7. The number of rotatable bonds is 3. The molecular formula is C11H13N5O3. The SMILES string of the molecule is Cc1cc(C(=O)Nc2c(C(N)=NO)cnn2C)co1. The van der Waals surface area contributed by atoms with Gasteiger partial charge in [0.2, 0.25) is 0 Å². The van der Waals surface area contributed by atoms with Crippen LogP contribution in [0.1, 0.15) is 21.7 Å². The Morgan fingerprint density at radius 1 is 1.63 bits per heavy atom. The Bertz CT molecular complexity index is 641. The van der Waals surface area contributed by atoms with Crippen LogP contribution < -0.4 is 11.1 Å². The summed E-state index contributed by atoms with van der Waals surface area (Å²) in [6.45, 7) is 1.74. The topological polar surface area (TPSA) is 119 Å². The van der Waals surface area contributed by atoms with Crippen molar-refractivity contribution in [3.8, 4) is 0 Å². The average molecular weight is 263 g/mol. The number of hydrogen-bond donors (Lipinski definition) is 3. The maximum atomic E-state index is 12.0. The third kappa shape index (κ3) is 2.41. The lowest BCUT2D eigenvalue weighted by Crippen LogP contribution is -2.19. The van der Waals surface area contributed by atoms with Crippen LogP contribution in [0, 0.1) is 6.92 Å². The Morgan fingerprint density at radius 3 is 2.95 bits per heavy atom. The first-order valence-electron chi connectivity index (χ1n) is 5.39. The van der Waals surface area contributed by atoms with E-state index in [0.717, 1.165) is 0 Å². The molecule has 0 fully saturated rings. The molecule has 0 radical (unpaired) electrons. The van der Waals surface area contributed by atoms with E-state index in [2.05, 4.69) is 15.6 Å². The smallest absolute Gasteiger partial charge is 0.260 e. The van der Waals surface area contributed by atoms with Gasteiger partial charge in [-0.1, -0.05) is 5.16 Å². The molecule has 0 spiro atoms. The highest BCUT2D eigenvalue weighted by molar-refractivity contribution is 6.08. The van der Waals surface area contributed by atoms with E-state index in [9.17, 15) is 4.79 Å². The molecule has 2 aromatic heterocycles. The zero-order valence-electron chi connectivity index (χ0n) is 10.4. The summed E-state index contributed by atoms with van der Waals surface area (Å²) in [5, 5.41) is 18.1. The number of nitrogens with one attached hydrogen (secondary N) is 1. The van der Waals surface area contributed by atoms with Crippen LogP contribution >= 0.6 is 0 Å². The van der Waals surface area contributed by atoms with Crippen LogP contribution in [0.25, 0.3) is 0 Å². The minimum absolute atomic E-state index is 0.133. The maximum Gasteiger partial charge on any atom is 0.260 e. The van der Waals surface area contributed by atoms with Gasteiger partial charge in [0, 0.05) is 7.05 Å².